The summed E-state index contributed by atoms with van der Waals surface area (Å²) in [5.74, 6) is 0.630. The van der Waals surface area contributed by atoms with E-state index >= 15 is 0 Å². The number of aliphatic imine (C=N–C) groups is 1. The number of aromatic amines is 1. The van der Waals surface area contributed by atoms with Crippen LogP contribution in [-0.2, 0) is 11.8 Å². The second-order valence-corrected chi connectivity index (χ2v) is 9.80. The van der Waals surface area contributed by atoms with E-state index in [1.54, 1.807) is 12.4 Å². The Balaban J connectivity index is 1.16. The first-order chi connectivity index (χ1) is 16.9. The van der Waals surface area contributed by atoms with Gasteiger partial charge in [-0.15, -0.1) is 0 Å². The molecule has 176 valence electrons. The molecule has 2 aliphatic rings. The minimum Gasteiger partial charge on any atom is -0.360 e. The van der Waals surface area contributed by atoms with Crippen molar-refractivity contribution >= 4 is 28.8 Å². The Labute approximate surface area is 206 Å². The van der Waals surface area contributed by atoms with Gasteiger partial charge in [-0.3, -0.25) is 9.78 Å². The number of fused-ring (bicyclic) bond motifs is 1. The molecule has 1 saturated carbocycles. The number of aromatic nitrogens is 6. The summed E-state index contributed by atoms with van der Waals surface area (Å²) >= 11 is 6.44. The van der Waals surface area contributed by atoms with Crippen molar-refractivity contribution in [1.29, 1.82) is 0 Å². The van der Waals surface area contributed by atoms with Gasteiger partial charge in [-0.05, 0) is 25.0 Å². The second kappa shape index (κ2) is 8.20. The molecule has 0 saturated heterocycles. The number of hydrogen-bond donors (Lipinski definition) is 1. The normalized spacial score (nSPS) is 16.6. The summed E-state index contributed by atoms with van der Waals surface area (Å²) in [5.41, 5.74) is 5.23. The average molecular weight is 488 g/mol. The van der Waals surface area contributed by atoms with Crippen LogP contribution in [0.4, 0.5) is 5.69 Å². The smallest absolute Gasteiger partial charge is 0.183 e. The van der Waals surface area contributed by atoms with Crippen LogP contribution in [0.1, 0.15) is 72.4 Å². The highest BCUT2D eigenvalue weighted by Crippen LogP contribution is 2.47. The molecule has 0 amide bonds. The zero-order chi connectivity index (χ0) is 24.2. The van der Waals surface area contributed by atoms with Crippen LogP contribution in [0.15, 0.2) is 46.4 Å². The van der Waals surface area contributed by atoms with Crippen LogP contribution in [0.3, 0.4) is 0 Å². The van der Waals surface area contributed by atoms with Crippen molar-refractivity contribution in [2.45, 2.75) is 50.9 Å². The molecule has 1 fully saturated rings. The standard InChI is InChI=1S/C25H22ClN7O2/c1-13(9-18(34)22-21(26)23(30-12-29-22)24-27-7-8-28-24)19-11-17(33-35-19)16-10-15-14(31-16)3-4-20(32-15)25(2)5-6-25/h3-4,7-8,11-13H,5-6,9-10H2,1-2H3,(H,27,28)/t13-/m0/s1. The van der Waals surface area contributed by atoms with E-state index in [0.717, 1.165) is 22.8 Å². The number of ketones is 1. The van der Waals surface area contributed by atoms with Crippen molar-refractivity contribution in [3.8, 4) is 11.5 Å². The van der Waals surface area contributed by atoms with Gasteiger partial charge in [0, 0.05) is 48.3 Å². The number of halogens is 1. The largest absolute Gasteiger partial charge is 0.360 e. The minimum absolute atomic E-state index is 0.152. The van der Waals surface area contributed by atoms with Crippen LogP contribution in [-0.4, -0.2) is 41.6 Å². The Morgan fingerprint density at radius 1 is 1.26 bits per heavy atom. The molecule has 0 radical (unpaired) electrons. The molecule has 1 aliphatic carbocycles. The lowest BCUT2D eigenvalue weighted by Crippen LogP contribution is -2.09. The predicted molar refractivity (Wildman–Crippen MR) is 129 cm³/mol. The van der Waals surface area contributed by atoms with Gasteiger partial charge in [-0.25, -0.2) is 19.9 Å². The van der Waals surface area contributed by atoms with E-state index in [2.05, 4.69) is 38.1 Å². The summed E-state index contributed by atoms with van der Waals surface area (Å²) in [7, 11) is 0. The van der Waals surface area contributed by atoms with E-state index in [0.29, 0.717) is 29.4 Å². The van der Waals surface area contributed by atoms with Gasteiger partial charge in [0.1, 0.15) is 29.2 Å². The molecule has 10 heteroatoms. The number of Topliss-reactive ketones (excluding diaryl/α,β-unsaturated/α-hetero) is 1. The highest BCUT2D eigenvalue weighted by atomic mass is 35.5. The number of H-pyrrole nitrogens is 1. The maximum absolute atomic E-state index is 13.0. The summed E-state index contributed by atoms with van der Waals surface area (Å²) < 4.78 is 5.59. The van der Waals surface area contributed by atoms with Gasteiger partial charge in [0.2, 0.25) is 0 Å². The number of nitrogens with one attached hydrogen (secondary N) is 1. The average Bonchev–Trinajstić information content (AvgIpc) is 3.32. The van der Waals surface area contributed by atoms with Crippen molar-refractivity contribution in [3.05, 3.63) is 70.5 Å². The molecule has 1 N–H and O–H groups in total. The van der Waals surface area contributed by atoms with E-state index in [1.807, 2.05) is 19.1 Å². The Morgan fingerprint density at radius 3 is 2.89 bits per heavy atom. The third-order valence-electron chi connectivity index (χ3n) is 6.74. The summed E-state index contributed by atoms with van der Waals surface area (Å²) in [6.45, 7) is 4.15. The Kier molecular flexibility index (Phi) is 5.10. The van der Waals surface area contributed by atoms with Gasteiger partial charge in [0.25, 0.3) is 0 Å². The molecule has 0 bridgehead atoms. The molecular weight excluding hydrogens is 466 g/mol. The van der Waals surface area contributed by atoms with Crippen LogP contribution in [0.5, 0.6) is 0 Å². The zero-order valence-electron chi connectivity index (χ0n) is 19.2. The molecule has 4 aromatic rings. The number of carbonyl (C=O) groups excluding carboxylic acids is 1. The number of carbonyl (C=O) groups is 1. The zero-order valence-corrected chi connectivity index (χ0v) is 20.0. The summed E-state index contributed by atoms with van der Waals surface area (Å²) in [6.07, 6.45) is 7.69. The molecule has 6 rings (SSSR count). The van der Waals surface area contributed by atoms with Gasteiger partial charge in [0.15, 0.2) is 11.6 Å². The fourth-order valence-electron chi connectivity index (χ4n) is 4.25. The third kappa shape index (κ3) is 3.95. The molecule has 1 aliphatic heterocycles. The summed E-state index contributed by atoms with van der Waals surface area (Å²) in [6, 6.07) is 5.97. The molecule has 0 spiro atoms. The minimum atomic E-state index is -0.231. The van der Waals surface area contributed by atoms with E-state index < -0.39 is 0 Å². The van der Waals surface area contributed by atoms with Gasteiger partial charge in [-0.2, -0.15) is 0 Å². The molecule has 0 unspecified atom stereocenters. The van der Waals surface area contributed by atoms with Crippen molar-refractivity contribution in [3.63, 3.8) is 0 Å². The topological polar surface area (TPSA) is 123 Å². The van der Waals surface area contributed by atoms with Crippen molar-refractivity contribution in [2.24, 2.45) is 4.99 Å². The number of rotatable bonds is 7. The maximum Gasteiger partial charge on any atom is 0.183 e. The fourth-order valence-corrected chi connectivity index (χ4v) is 4.55. The first-order valence-electron chi connectivity index (χ1n) is 11.5. The first kappa shape index (κ1) is 21.8. The molecule has 0 aromatic carbocycles. The van der Waals surface area contributed by atoms with Crippen LogP contribution >= 0.6 is 11.6 Å². The molecule has 5 heterocycles. The van der Waals surface area contributed by atoms with E-state index in [4.69, 9.17) is 26.1 Å². The number of nitrogens with zero attached hydrogens (tertiary/aromatic N) is 6. The lowest BCUT2D eigenvalue weighted by atomic mass is 9.99. The van der Waals surface area contributed by atoms with Crippen molar-refractivity contribution in [2.75, 3.05) is 0 Å². The lowest BCUT2D eigenvalue weighted by molar-refractivity contribution is 0.0967. The first-order valence-corrected chi connectivity index (χ1v) is 11.9. The van der Waals surface area contributed by atoms with E-state index in [1.165, 1.54) is 19.2 Å². The lowest BCUT2D eigenvalue weighted by Gasteiger charge is -2.08. The monoisotopic (exact) mass is 487 g/mol. The van der Waals surface area contributed by atoms with Crippen LogP contribution < -0.4 is 0 Å². The Hall–Kier alpha value is -3.72. The van der Waals surface area contributed by atoms with Crippen LogP contribution in [0, 0.1) is 0 Å². The van der Waals surface area contributed by atoms with Crippen LogP contribution in [0.25, 0.3) is 11.5 Å². The van der Waals surface area contributed by atoms with Gasteiger partial charge in [0.05, 0.1) is 22.1 Å². The molecule has 9 nitrogen and oxygen atoms in total. The predicted octanol–water partition coefficient (Wildman–Crippen LogP) is 5.01. The highest BCUT2D eigenvalue weighted by Gasteiger charge is 2.41. The number of imidazole rings is 1. The van der Waals surface area contributed by atoms with Crippen molar-refractivity contribution in [1.82, 2.24) is 30.1 Å². The van der Waals surface area contributed by atoms with Gasteiger partial charge < -0.3 is 9.51 Å². The van der Waals surface area contributed by atoms with E-state index in [-0.39, 0.29) is 34.3 Å². The second-order valence-electron chi connectivity index (χ2n) is 9.42. The van der Waals surface area contributed by atoms with Gasteiger partial charge in [-0.1, -0.05) is 30.6 Å². The van der Waals surface area contributed by atoms with Crippen LogP contribution in [0.2, 0.25) is 5.02 Å². The summed E-state index contributed by atoms with van der Waals surface area (Å²) in [4.78, 5) is 37.9. The number of pyridine rings is 1. The van der Waals surface area contributed by atoms with Gasteiger partial charge >= 0.3 is 0 Å². The molecule has 4 aromatic heterocycles. The molecule has 1 atom stereocenters. The summed E-state index contributed by atoms with van der Waals surface area (Å²) in [5, 5.41) is 4.39. The molecule has 35 heavy (non-hydrogen) atoms. The fraction of sp³-hybridized carbons (Fsp3) is 0.320. The maximum atomic E-state index is 13.0. The molecular formula is C25H22ClN7O2. The highest BCUT2D eigenvalue weighted by molar-refractivity contribution is 6.35. The Morgan fingerprint density at radius 2 is 2.11 bits per heavy atom. The SMILES string of the molecule is C[C@@H](CC(=O)c1ncnc(-c2ncc[nH]2)c1Cl)c1cc(C2=Nc3ccc(C4(C)CC4)nc3C2)no1. The Bertz CT molecular complexity index is 1470. The number of hydrogen-bond acceptors (Lipinski definition) is 8. The quantitative estimate of drug-likeness (QED) is 0.363. The third-order valence-corrected chi connectivity index (χ3v) is 7.09. The van der Waals surface area contributed by atoms with Crippen molar-refractivity contribution < 1.29 is 9.32 Å². The van der Waals surface area contributed by atoms with E-state index in [9.17, 15) is 4.79 Å².